The van der Waals surface area contributed by atoms with E-state index in [2.05, 4.69) is 10.1 Å². The third-order valence-electron chi connectivity index (χ3n) is 1.59. The molecular formula is C6H9N5O3. The zero-order chi connectivity index (χ0) is 10.6. The molecule has 0 amide bonds. The number of amidine groups is 1. The van der Waals surface area contributed by atoms with E-state index in [-0.39, 0.29) is 24.7 Å². The van der Waals surface area contributed by atoms with Crippen molar-refractivity contribution < 1.29 is 10.1 Å². The molecule has 0 aromatic carbocycles. The second kappa shape index (κ2) is 4.21. The molecule has 8 heteroatoms. The lowest BCUT2D eigenvalue weighted by atomic mass is 10.4. The van der Waals surface area contributed by atoms with Gasteiger partial charge in [0, 0.05) is 6.42 Å². The van der Waals surface area contributed by atoms with Crippen LogP contribution in [0.15, 0.2) is 17.5 Å². The van der Waals surface area contributed by atoms with E-state index in [1.54, 1.807) is 0 Å². The lowest BCUT2D eigenvalue weighted by molar-refractivity contribution is -0.396. The Balaban J connectivity index is 2.67. The van der Waals surface area contributed by atoms with E-state index in [9.17, 15) is 10.1 Å². The Labute approximate surface area is 78.8 Å². The Kier molecular flexibility index (Phi) is 3.00. The first-order valence-electron chi connectivity index (χ1n) is 3.77. The largest absolute Gasteiger partial charge is 0.434 e. The van der Waals surface area contributed by atoms with Gasteiger partial charge in [-0.05, 0) is 4.92 Å². The molecule has 8 nitrogen and oxygen atoms in total. The molecule has 14 heavy (non-hydrogen) atoms. The molecule has 1 rings (SSSR count). The normalized spacial score (nSPS) is 11.6. The summed E-state index contributed by atoms with van der Waals surface area (Å²) in [6.07, 6.45) is 3.01. The lowest BCUT2D eigenvalue weighted by Crippen LogP contribution is -2.15. The average molecular weight is 199 g/mol. The molecule has 0 fully saturated rings. The number of imidazole rings is 1. The average Bonchev–Trinajstić information content (AvgIpc) is 2.62. The number of nitrogens with zero attached hydrogens (tertiary/aromatic N) is 4. The molecule has 0 aliphatic heterocycles. The standard InChI is InChI=1S/C6H9N5O3/c7-5(9-12)1-3-10-4-2-8-6(10)11(13)14/h2,4,12H,1,3H2,(H2,7,9). The summed E-state index contributed by atoms with van der Waals surface area (Å²) >= 11 is 0. The first-order chi connectivity index (χ1) is 6.65. The van der Waals surface area contributed by atoms with Gasteiger partial charge in [-0.25, -0.2) is 4.57 Å². The van der Waals surface area contributed by atoms with Gasteiger partial charge in [0.15, 0.2) is 0 Å². The van der Waals surface area contributed by atoms with Gasteiger partial charge in [-0.3, -0.25) is 0 Å². The number of rotatable bonds is 4. The van der Waals surface area contributed by atoms with Gasteiger partial charge in [0.1, 0.15) is 18.2 Å². The Morgan fingerprint density at radius 2 is 2.57 bits per heavy atom. The summed E-state index contributed by atoms with van der Waals surface area (Å²) in [5.41, 5.74) is 5.21. The number of aryl methyl sites for hydroxylation is 1. The van der Waals surface area contributed by atoms with Crippen molar-refractivity contribution in [3.05, 3.63) is 22.5 Å². The van der Waals surface area contributed by atoms with E-state index in [0.29, 0.717) is 0 Å². The fourth-order valence-electron chi connectivity index (χ4n) is 0.933. The van der Waals surface area contributed by atoms with Crippen LogP contribution in [0.1, 0.15) is 6.42 Å². The highest BCUT2D eigenvalue weighted by Crippen LogP contribution is 2.07. The summed E-state index contributed by atoms with van der Waals surface area (Å²) in [6.45, 7) is 0.256. The van der Waals surface area contributed by atoms with Gasteiger partial charge in [0.2, 0.25) is 0 Å². The number of aromatic nitrogens is 2. The molecule has 0 spiro atoms. The van der Waals surface area contributed by atoms with Gasteiger partial charge >= 0.3 is 5.95 Å². The van der Waals surface area contributed by atoms with Gasteiger partial charge in [0.05, 0.1) is 6.54 Å². The summed E-state index contributed by atoms with van der Waals surface area (Å²) < 4.78 is 1.32. The SMILES string of the molecule is NC(CCn1ccnc1[N+](=O)[O-])=NO. The van der Waals surface area contributed by atoms with Gasteiger partial charge in [-0.1, -0.05) is 10.1 Å². The molecule has 1 heterocycles. The van der Waals surface area contributed by atoms with Crippen LogP contribution in [0.3, 0.4) is 0 Å². The van der Waals surface area contributed by atoms with E-state index in [1.807, 2.05) is 0 Å². The number of hydrogen-bond acceptors (Lipinski definition) is 5. The van der Waals surface area contributed by atoms with Crippen molar-refractivity contribution in [2.24, 2.45) is 10.9 Å². The van der Waals surface area contributed by atoms with Crippen molar-refractivity contribution in [1.82, 2.24) is 9.55 Å². The van der Waals surface area contributed by atoms with Crippen molar-refractivity contribution in [2.75, 3.05) is 0 Å². The predicted octanol–water partition coefficient (Wildman–Crippen LogP) is -0.0722. The Morgan fingerprint density at radius 3 is 3.14 bits per heavy atom. The zero-order valence-electron chi connectivity index (χ0n) is 7.20. The number of nitro groups is 1. The minimum absolute atomic E-state index is 0.0213. The summed E-state index contributed by atoms with van der Waals surface area (Å²) in [5.74, 6) is -0.233. The molecule has 0 bridgehead atoms. The number of hydrogen-bond donors (Lipinski definition) is 2. The molecule has 0 unspecified atom stereocenters. The molecule has 0 aliphatic carbocycles. The smallest absolute Gasteiger partial charge is 0.409 e. The molecule has 1 aromatic heterocycles. The van der Waals surface area contributed by atoms with Crippen molar-refractivity contribution >= 4 is 11.8 Å². The second-order valence-corrected chi connectivity index (χ2v) is 2.52. The maximum Gasteiger partial charge on any atom is 0.434 e. The first kappa shape index (κ1) is 9.96. The van der Waals surface area contributed by atoms with Crippen LogP contribution < -0.4 is 5.73 Å². The van der Waals surface area contributed by atoms with Crippen molar-refractivity contribution in [2.45, 2.75) is 13.0 Å². The highest BCUT2D eigenvalue weighted by molar-refractivity contribution is 5.79. The van der Waals surface area contributed by atoms with E-state index in [0.717, 1.165) is 0 Å². The van der Waals surface area contributed by atoms with Crippen LogP contribution in [0.2, 0.25) is 0 Å². The van der Waals surface area contributed by atoms with Gasteiger partial charge in [-0.2, -0.15) is 0 Å². The fraction of sp³-hybridized carbons (Fsp3) is 0.333. The molecule has 3 N–H and O–H groups in total. The fourth-order valence-corrected chi connectivity index (χ4v) is 0.933. The topological polar surface area (TPSA) is 120 Å². The van der Waals surface area contributed by atoms with Crippen LogP contribution in [-0.4, -0.2) is 25.5 Å². The first-order valence-corrected chi connectivity index (χ1v) is 3.77. The van der Waals surface area contributed by atoms with E-state index < -0.39 is 4.92 Å². The molecule has 1 aromatic rings. The third-order valence-corrected chi connectivity index (χ3v) is 1.59. The molecular weight excluding hydrogens is 190 g/mol. The van der Waals surface area contributed by atoms with Crippen molar-refractivity contribution in [3.8, 4) is 0 Å². The summed E-state index contributed by atoms with van der Waals surface area (Å²) in [7, 11) is 0. The molecule has 0 aliphatic rings. The van der Waals surface area contributed by atoms with E-state index in [1.165, 1.54) is 17.0 Å². The number of oxime groups is 1. The van der Waals surface area contributed by atoms with Crippen molar-refractivity contribution in [1.29, 1.82) is 0 Å². The number of nitrogens with two attached hydrogens (primary N) is 1. The van der Waals surface area contributed by atoms with Gasteiger partial charge in [-0.15, -0.1) is 0 Å². The summed E-state index contributed by atoms with van der Waals surface area (Å²) in [5, 5.41) is 21.4. The third kappa shape index (κ3) is 2.19. The quantitative estimate of drug-likeness (QED) is 0.231. The van der Waals surface area contributed by atoms with Crippen LogP contribution in [0.25, 0.3) is 0 Å². The van der Waals surface area contributed by atoms with Crippen LogP contribution in [0.4, 0.5) is 5.95 Å². The lowest BCUT2D eigenvalue weighted by Gasteiger charge is -1.99. The van der Waals surface area contributed by atoms with Crippen LogP contribution in [-0.2, 0) is 6.54 Å². The highest BCUT2D eigenvalue weighted by atomic mass is 16.6. The maximum atomic E-state index is 10.4. The van der Waals surface area contributed by atoms with Crippen molar-refractivity contribution in [3.63, 3.8) is 0 Å². The predicted molar refractivity (Wildman–Crippen MR) is 46.9 cm³/mol. The van der Waals surface area contributed by atoms with E-state index in [4.69, 9.17) is 10.9 Å². The van der Waals surface area contributed by atoms with Gasteiger partial charge in [0.25, 0.3) is 0 Å². The van der Waals surface area contributed by atoms with E-state index >= 15 is 0 Å². The molecule has 0 radical (unpaired) electrons. The monoisotopic (exact) mass is 199 g/mol. The Bertz CT molecular complexity index is 358. The van der Waals surface area contributed by atoms with Crippen LogP contribution in [0, 0.1) is 10.1 Å². The Morgan fingerprint density at radius 1 is 1.86 bits per heavy atom. The molecule has 0 atom stereocenters. The highest BCUT2D eigenvalue weighted by Gasteiger charge is 2.13. The Hall–Kier alpha value is -2.12. The van der Waals surface area contributed by atoms with Crippen LogP contribution >= 0.6 is 0 Å². The zero-order valence-corrected chi connectivity index (χ0v) is 7.20. The summed E-state index contributed by atoms with van der Waals surface area (Å²) in [4.78, 5) is 13.4. The minimum Gasteiger partial charge on any atom is -0.409 e. The second-order valence-electron chi connectivity index (χ2n) is 2.52. The summed E-state index contributed by atoms with van der Waals surface area (Å²) in [6, 6.07) is 0. The molecule has 0 saturated heterocycles. The molecule has 0 saturated carbocycles. The van der Waals surface area contributed by atoms with Gasteiger partial charge < -0.3 is 21.1 Å². The maximum absolute atomic E-state index is 10.4. The van der Waals surface area contributed by atoms with Crippen LogP contribution in [0.5, 0.6) is 0 Å². The molecule has 76 valence electrons. The minimum atomic E-state index is -0.591.